The van der Waals surface area contributed by atoms with E-state index in [0.29, 0.717) is 0 Å². The first-order valence-corrected chi connectivity index (χ1v) is 6.02. The number of likely N-dealkylation sites (N-methyl/N-ethyl adjacent to an activating group) is 1. The first-order valence-electron chi connectivity index (χ1n) is 6.02. The highest BCUT2D eigenvalue weighted by Crippen LogP contribution is 2.26. The fourth-order valence-electron chi connectivity index (χ4n) is 1.71. The molecule has 1 amide bonds. The van der Waals surface area contributed by atoms with Crippen molar-refractivity contribution in [1.29, 1.82) is 0 Å². The summed E-state index contributed by atoms with van der Waals surface area (Å²) < 4.78 is 38.5. The van der Waals surface area contributed by atoms with E-state index in [9.17, 15) is 18.0 Å². The van der Waals surface area contributed by atoms with Crippen LogP contribution in [0, 0.1) is 0 Å². The number of hydrogen-bond donors (Lipinski definition) is 2. The maximum absolute atomic E-state index is 12.8. The predicted molar refractivity (Wildman–Crippen MR) is 64.0 cm³/mol. The van der Waals surface area contributed by atoms with Crippen LogP contribution < -0.4 is 11.1 Å². The average molecular weight is 269 g/mol. The molecule has 0 aromatic rings. The number of halogens is 3. The third-order valence-corrected chi connectivity index (χ3v) is 2.46. The van der Waals surface area contributed by atoms with Gasteiger partial charge in [-0.15, -0.1) is 0 Å². The Hall–Kier alpha value is -0.820. The molecule has 0 rings (SSSR count). The number of hydrogen-bond acceptors (Lipinski definition) is 3. The fourth-order valence-corrected chi connectivity index (χ4v) is 1.71. The lowest BCUT2D eigenvalue weighted by atomic mass is 10.1. The molecule has 0 heterocycles. The summed E-state index contributed by atoms with van der Waals surface area (Å²) in [5, 5.41) is 2.58. The van der Waals surface area contributed by atoms with Gasteiger partial charge in [-0.3, -0.25) is 9.69 Å². The highest BCUT2D eigenvalue weighted by atomic mass is 19.4. The standard InChI is InChI=1S/C11H22F3N3O/c1-4-17(7-10(18)16-8(2)3)9(5-6-15)11(12,13)14/h8-9H,4-7,15H2,1-3H3,(H,16,18). The smallest absolute Gasteiger partial charge is 0.353 e. The van der Waals surface area contributed by atoms with Gasteiger partial charge in [0.15, 0.2) is 0 Å². The van der Waals surface area contributed by atoms with Crippen LogP contribution in [0.1, 0.15) is 27.2 Å². The van der Waals surface area contributed by atoms with Gasteiger partial charge in [0.05, 0.1) is 6.54 Å². The van der Waals surface area contributed by atoms with Crippen molar-refractivity contribution in [3.05, 3.63) is 0 Å². The Morgan fingerprint density at radius 1 is 1.39 bits per heavy atom. The van der Waals surface area contributed by atoms with E-state index >= 15 is 0 Å². The number of nitrogens with one attached hydrogen (secondary N) is 1. The average Bonchev–Trinajstić information content (AvgIpc) is 2.20. The molecular formula is C11H22F3N3O. The monoisotopic (exact) mass is 269 g/mol. The molecule has 108 valence electrons. The zero-order valence-corrected chi connectivity index (χ0v) is 11.0. The molecule has 18 heavy (non-hydrogen) atoms. The van der Waals surface area contributed by atoms with Crippen molar-refractivity contribution in [2.75, 3.05) is 19.6 Å². The maximum atomic E-state index is 12.8. The van der Waals surface area contributed by atoms with Gasteiger partial charge in [-0.2, -0.15) is 13.2 Å². The molecule has 0 bridgehead atoms. The lowest BCUT2D eigenvalue weighted by Crippen LogP contribution is -2.51. The van der Waals surface area contributed by atoms with Crippen molar-refractivity contribution in [1.82, 2.24) is 10.2 Å². The SMILES string of the molecule is CCN(CC(=O)NC(C)C)C(CCN)C(F)(F)F. The van der Waals surface area contributed by atoms with Gasteiger partial charge in [-0.25, -0.2) is 0 Å². The lowest BCUT2D eigenvalue weighted by Gasteiger charge is -2.31. The Morgan fingerprint density at radius 3 is 2.28 bits per heavy atom. The summed E-state index contributed by atoms with van der Waals surface area (Å²) in [6.45, 7) is 4.93. The highest BCUT2D eigenvalue weighted by molar-refractivity contribution is 5.78. The zero-order valence-electron chi connectivity index (χ0n) is 11.0. The molecule has 7 heteroatoms. The van der Waals surface area contributed by atoms with Crippen LogP contribution in [0.5, 0.6) is 0 Å². The van der Waals surface area contributed by atoms with Crippen LogP contribution >= 0.6 is 0 Å². The molecule has 0 aromatic carbocycles. The summed E-state index contributed by atoms with van der Waals surface area (Å²) in [6.07, 6.45) is -4.57. The minimum Gasteiger partial charge on any atom is -0.353 e. The van der Waals surface area contributed by atoms with Crippen LogP contribution in [0.4, 0.5) is 13.2 Å². The molecule has 0 aliphatic carbocycles. The van der Waals surface area contributed by atoms with Crippen LogP contribution in [-0.4, -0.2) is 48.7 Å². The zero-order chi connectivity index (χ0) is 14.3. The quantitative estimate of drug-likeness (QED) is 0.728. The van der Waals surface area contributed by atoms with Crippen molar-refractivity contribution in [3.8, 4) is 0 Å². The molecule has 0 fully saturated rings. The third kappa shape index (κ3) is 6.20. The van der Waals surface area contributed by atoms with Gasteiger partial charge in [0.1, 0.15) is 6.04 Å². The summed E-state index contributed by atoms with van der Waals surface area (Å²) >= 11 is 0. The second-order valence-corrected chi connectivity index (χ2v) is 4.42. The van der Waals surface area contributed by atoms with Gasteiger partial charge >= 0.3 is 6.18 Å². The molecule has 4 nitrogen and oxygen atoms in total. The maximum Gasteiger partial charge on any atom is 0.404 e. The molecule has 3 N–H and O–H groups in total. The second-order valence-electron chi connectivity index (χ2n) is 4.42. The Morgan fingerprint density at radius 2 is 1.94 bits per heavy atom. The number of alkyl halides is 3. The van der Waals surface area contributed by atoms with Crippen LogP contribution in [-0.2, 0) is 4.79 Å². The van der Waals surface area contributed by atoms with E-state index in [1.807, 2.05) is 0 Å². The van der Waals surface area contributed by atoms with Crippen molar-refractivity contribution in [2.24, 2.45) is 5.73 Å². The number of carbonyl (C=O) groups is 1. The minimum absolute atomic E-state index is 0.0630. The van der Waals surface area contributed by atoms with E-state index < -0.39 is 18.1 Å². The van der Waals surface area contributed by atoms with E-state index in [1.54, 1.807) is 20.8 Å². The number of carbonyl (C=O) groups excluding carboxylic acids is 1. The topological polar surface area (TPSA) is 58.4 Å². The summed E-state index contributed by atoms with van der Waals surface area (Å²) in [6, 6.07) is -1.75. The van der Waals surface area contributed by atoms with Crippen molar-refractivity contribution < 1.29 is 18.0 Å². The van der Waals surface area contributed by atoms with Gasteiger partial charge in [-0.05, 0) is 33.4 Å². The van der Waals surface area contributed by atoms with Crippen LogP contribution in [0.2, 0.25) is 0 Å². The van der Waals surface area contributed by atoms with Crippen molar-refractivity contribution in [3.63, 3.8) is 0 Å². The number of nitrogens with zero attached hydrogens (tertiary/aromatic N) is 1. The van der Waals surface area contributed by atoms with E-state index in [-0.39, 0.29) is 32.1 Å². The molecular weight excluding hydrogens is 247 g/mol. The number of amides is 1. The van der Waals surface area contributed by atoms with Crippen LogP contribution in [0.3, 0.4) is 0 Å². The molecule has 0 radical (unpaired) electrons. The van der Waals surface area contributed by atoms with Crippen molar-refractivity contribution >= 4 is 5.91 Å². The second kappa shape index (κ2) is 7.58. The Balaban J connectivity index is 4.65. The molecule has 0 aromatic heterocycles. The summed E-state index contributed by atoms with van der Waals surface area (Å²) in [5.41, 5.74) is 5.20. The number of rotatable bonds is 7. The highest BCUT2D eigenvalue weighted by Gasteiger charge is 2.42. The van der Waals surface area contributed by atoms with Gasteiger partial charge in [-0.1, -0.05) is 6.92 Å². The fraction of sp³-hybridized carbons (Fsp3) is 0.909. The molecule has 1 unspecified atom stereocenters. The molecule has 0 saturated heterocycles. The van der Waals surface area contributed by atoms with E-state index in [1.165, 1.54) is 0 Å². The first kappa shape index (κ1) is 17.2. The summed E-state index contributed by atoms with van der Waals surface area (Å²) in [7, 11) is 0. The Kier molecular flexibility index (Phi) is 7.23. The largest absolute Gasteiger partial charge is 0.404 e. The van der Waals surface area contributed by atoms with Crippen LogP contribution in [0.25, 0.3) is 0 Å². The first-order chi connectivity index (χ1) is 8.22. The normalized spacial score (nSPS) is 14.1. The Bertz CT molecular complexity index is 256. The number of nitrogens with two attached hydrogens (primary N) is 1. The van der Waals surface area contributed by atoms with Gasteiger partial charge in [0.2, 0.25) is 5.91 Å². The summed E-state index contributed by atoms with van der Waals surface area (Å²) in [5.74, 6) is -0.405. The van der Waals surface area contributed by atoms with E-state index in [2.05, 4.69) is 5.32 Å². The molecule has 0 aliphatic heterocycles. The lowest BCUT2D eigenvalue weighted by molar-refractivity contribution is -0.185. The van der Waals surface area contributed by atoms with E-state index in [4.69, 9.17) is 5.73 Å². The van der Waals surface area contributed by atoms with Gasteiger partial charge in [0.25, 0.3) is 0 Å². The van der Waals surface area contributed by atoms with Gasteiger partial charge in [0, 0.05) is 6.04 Å². The van der Waals surface area contributed by atoms with Gasteiger partial charge < -0.3 is 11.1 Å². The molecule has 1 atom stereocenters. The van der Waals surface area contributed by atoms with E-state index in [0.717, 1.165) is 4.90 Å². The Labute approximate surface area is 106 Å². The minimum atomic E-state index is -4.37. The predicted octanol–water partition coefficient (Wildman–Crippen LogP) is 1.11. The summed E-state index contributed by atoms with van der Waals surface area (Å²) in [4.78, 5) is 12.6. The van der Waals surface area contributed by atoms with Crippen molar-refractivity contribution in [2.45, 2.75) is 45.5 Å². The molecule has 0 spiro atoms. The van der Waals surface area contributed by atoms with Crippen LogP contribution in [0.15, 0.2) is 0 Å². The molecule has 0 saturated carbocycles. The third-order valence-electron chi connectivity index (χ3n) is 2.46. The molecule has 0 aliphatic rings.